The Morgan fingerprint density at radius 3 is 2.59 bits per heavy atom. The molecule has 1 amide bonds. The molecular weight excluding hydrogens is 276 g/mol. The highest BCUT2D eigenvalue weighted by molar-refractivity contribution is 5.78. The predicted molar refractivity (Wildman–Crippen MR) is 91.7 cm³/mol. The van der Waals surface area contributed by atoms with Gasteiger partial charge in [-0.05, 0) is 31.1 Å². The van der Waals surface area contributed by atoms with Crippen molar-refractivity contribution in [1.29, 1.82) is 0 Å². The number of amides is 1. The van der Waals surface area contributed by atoms with E-state index in [0.717, 1.165) is 32.3 Å². The maximum atomic E-state index is 11.6. The van der Waals surface area contributed by atoms with E-state index in [1.807, 2.05) is 0 Å². The van der Waals surface area contributed by atoms with Crippen LogP contribution in [0.1, 0.15) is 78.6 Å². The average molecular weight is 312 g/mol. The molecule has 0 spiro atoms. The van der Waals surface area contributed by atoms with Gasteiger partial charge in [-0.2, -0.15) is 0 Å². The van der Waals surface area contributed by atoms with Crippen LogP contribution in [0.5, 0.6) is 0 Å². The lowest BCUT2D eigenvalue weighted by molar-refractivity contribution is -0.123. The standard InChI is InChI=1S/C18H36N2O2/c1-4-5-6-7-8-9-12-22-16-10-11-18(2,3)13-15(16)20-17(21)14-19/h15-16H,4-14,19H2,1-3H3,(H,20,21). The van der Waals surface area contributed by atoms with E-state index in [0.29, 0.717) is 0 Å². The number of hydrogen-bond donors (Lipinski definition) is 2. The molecule has 0 aromatic heterocycles. The lowest BCUT2D eigenvalue weighted by atomic mass is 9.74. The van der Waals surface area contributed by atoms with Gasteiger partial charge >= 0.3 is 0 Å². The van der Waals surface area contributed by atoms with E-state index in [2.05, 4.69) is 26.1 Å². The van der Waals surface area contributed by atoms with Crippen LogP contribution in [-0.4, -0.2) is 31.2 Å². The van der Waals surface area contributed by atoms with Gasteiger partial charge in [-0.3, -0.25) is 4.79 Å². The molecule has 130 valence electrons. The summed E-state index contributed by atoms with van der Waals surface area (Å²) < 4.78 is 6.09. The van der Waals surface area contributed by atoms with Crippen LogP contribution in [0.15, 0.2) is 0 Å². The maximum absolute atomic E-state index is 11.6. The molecule has 0 aromatic carbocycles. The normalized spacial score (nSPS) is 24.2. The minimum absolute atomic E-state index is 0.0566. The maximum Gasteiger partial charge on any atom is 0.234 e. The number of unbranched alkanes of at least 4 members (excludes halogenated alkanes) is 5. The van der Waals surface area contributed by atoms with Crippen molar-refractivity contribution in [2.45, 2.75) is 90.7 Å². The van der Waals surface area contributed by atoms with Gasteiger partial charge in [0.1, 0.15) is 0 Å². The van der Waals surface area contributed by atoms with E-state index >= 15 is 0 Å². The first-order chi connectivity index (χ1) is 10.5. The molecular formula is C18H36N2O2. The second-order valence-electron chi connectivity index (χ2n) is 7.46. The predicted octanol–water partition coefficient (Wildman–Crippen LogP) is 3.39. The number of carbonyl (C=O) groups is 1. The Morgan fingerprint density at radius 1 is 1.23 bits per heavy atom. The van der Waals surface area contributed by atoms with Crippen molar-refractivity contribution >= 4 is 5.91 Å². The molecule has 0 aromatic rings. The fourth-order valence-electron chi connectivity index (χ4n) is 3.29. The van der Waals surface area contributed by atoms with Gasteiger partial charge in [-0.15, -0.1) is 0 Å². The Labute approximate surface area is 136 Å². The van der Waals surface area contributed by atoms with Crippen LogP contribution in [0.4, 0.5) is 0 Å². The summed E-state index contributed by atoms with van der Waals surface area (Å²) in [6.45, 7) is 7.63. The molecule has 0 heterocycles. The van der Waals surface area contributed by atoms with E-state index < -0.39 is 0 Å². The second kappa shape index (κ2) is 10.2. The van der Waals surface area contributed by atoms with Gasteiger partial charge in [0.05, 0.1) is 18.7 Å². The highest BCUT2D eigenvalue weighted by Crippen LogP contribution is 2.36. The van der Waals surface area contributed by atoms with Crippen molar-refractivity contribution in [3.05, 3.63) is 0 Å². The van der Waals surface area contributed by atoms with Crippen molar-refractivity contribution in [3.63, 3.8) is 0 Å². The zero-order chi connectivity index (χ0) is 16.4. The number of nitrogens with two attached hydrogens (primary N) is 1. The lowest BCUT2D eigenvalue weighted by Crippen LogP contribution is -2.51. The highest BCUT2D eigenvalue weighted by Gasteiger charge is 2.36. The summed E-state index contributed by atoms with van der Waals surface area (Å²) in [5.74, 6) is -0.0733. The number of carbonyl (C=O) groups excluding carboxylic acids is 1. The molecule has 2 unspecified atom stereocenters. The zero-order valence-electron chi connectivity index (χ0n) is 14.8. The van der Waals surface area contributed by atoms with E-state index in [1.165, 1.54) is 32.1 Å². The molecule has 1 saturated carbocycles. The Hall–Kier alpha value is -0.610. The smallest absolute Gasteiger partial charge is 0.234 e. The summed E-state index contributed by atoms with van der Waals surface area (Å²) >= 11 is 0. The average Bonchev–Trinajstić information content (AvgIpc) is 2.47. The molecule has 0 bridgehead atoms. The van der Waals surface area contributed by atoms with Gasteiger partial charge in [0.15, 0.2) is 0 Å². The summed E-state index contributed by atoms with van der Waals surface area (Å²) in [7, 11) is 0. The molecule has 4 nitrogen and oxygen atoms in total. The minimum atomic E-state index is -0.0733. The van der Waals surface area contributed by atoms with Gasteiger partial charge in [0, 0.05) is 6.61 Å². The van der Waals surface area contributed by atoms with Gasteiger partial charge in [0.25, 0.3) is 0 Å². The Bertz CT molecular complexity index is 318. The Kier molecular flexibility index (Phi) is 9.03. The molecule has 22 heavy (non-hydrogen) atoms. The van der Waals surface area contributed by atoms with Crippen molar-refractivity contribution in [2.24, 2.45) is 11.1 Å². The van der Waals surface area contributed by atoms with Crippen molar-refractivity contribution in [1.82, 2.24) is 5.32 Å². The van der Waals surface area contributed by atoms with E-state index in [-0.39, 0.29) is 30.0 Å². The number of nitrogens with one attached hydrogen (secondary N) is 1. The summed E-state index contributed by atoms with van der Waals surface area (Å²) in [5, 5.41) is 3.05. The molecule has 0 saturated heterocycles. The second-order valence-corrected chi connectivity index (χ2v) is 7.46. The zero-order valence-corrected chi connectivity index (χ0v) is 14.8. The number of ether oxygens (including phenoxy) is 1. The fraction of sp³-hybridized carbons (Fsp3) is 0.944. The topological polar surface area (TPSA) is 64.3 Å². The molecule has 1 rings (SSSR count). The van der Waals surface area contributed by atoms with Crippen LogP contribution in [0.3, 0.4) is 0 Å². The first-order valence-electron chi connectivity index (χ1n) is 9.09. The Morgan fingerprint density at radius 2 is 1.91 bits per heavy atom. The van der Waals surface area contributed by atoms with E-state index in [4.69, 9.17) is 10.5 Å². The van der Waals surface area contributed by atoms with Gasteiger partial charge in [0.2, 0.25) is 5.91 Å². The molecule has 1 aliphatic carbocycles. The minimum Gasteiger partial charge on any atom is -0.376 e. The molecule has 0 aliphatic heterocycles. The quantitative estimate of drug-likeness (QED) is 0.608. The molecule has 1 fully saturated rings. The van der Waals surface area contributed by atoms with Crippen LogP contribution in [0.25, 0.3) is 0 Å². The first kappa shape index (κ1) is 19.4. The third-order valence-electron chi connectivity index (χ3n) is 4.69. The van der Waals surface area contributed by atoms with Crippen LogP contribution < -0.4 is 11.1 Å². The molecule has 2 atom stereocenters. The molecule has 3 N–H and O–H groups in total. The van der Waals surface area contributed by atoms with Crippen molar-refractivity contribution < 1.29 is 9.53 Å². The lowest BCUT2D eigenvalue weighted by Gasteiger charge is -2.40. The van der Waals surface area contributed by atoms with Crippen molar-refractivity contribution in [2.75, 3.05) is 13.2 Å². The van der Waals surface area contributed by atoms with Crippen LogP contribution >= 0.6 is 0 Å². The van der Waals surface area contributed by atoms with E-state index in [9.17, 15) is 4.79 Å². The van der Waals surface area contributed by atoms with Gasteiger partial charge < -0.3 is 15.8 Å². The number of hydrogen-bond acceptors (Lipinski definition) is 3. The molecule has 4 heteroatoms. The van der Waals surface area contributed by atoms with E-state index in [1.54, 1.807) is 0 Å². The Balaban J connectivity index is 2.30. The van der Waals surface area contributed by atoms with Crippen molar-refractivity contribution in [3.8, 4) is 0 Å². The summed E-state index contributed by atoms with van der Waals surface area (Å²) in [4.78, 5) is 11.6. The van der Waals surface area contributed by atoms with Gasteiger partial charge in [-0.25, -0.2) is 0 Å². The third kappa shape index (κ3) is 7.59. The summed E-state index contributed by atoms with van der Waals surface area (Å²) in [6, 6.07) is 0.111. The third-order valence-corrected chi connectivity index (χ3v) is 4.69. The molecule has 1 aliphatic rings. The largest absolute Gasteiger partial charge is 0.376 e. The fourth-order valence-corrected chi connectivity index (χ4v) is 3.29. The van der Waals surface area contributed by atoms with Crippen LogP contribution in [0, 0.1) is 5.41 Å². The summed E-state index contributed by atoms with van der Waals surface area (Å²) in [6.07, 6.45) is 11.0. The monoisotopic (exact) mass is 312 g/mol. The SMILES string of the molecule is CCCCCCCCOC1CCC(C)(C)CC1NC(=O)CN. The molecule has 0 radical (unpaired) electrons. The van der Waals surface area contributed by atoms with Gasteiger partial charge in [-0.1, -0.05) is 52.9 Å². The highest BCUT2D eigenvalue weighted by atomic mass is 16.5. The van der Waals surface area contributed by atoms with Crippen LogP contribution in [0.2, 0.25) is 0 Å². The first-order valence-corrected chi connectivity index (χ1v) is 9.09. The number of rotatable bonds is 10. The summed E-state index contributed by atoms with van der Waals surface area (Å²) in [5.41, 5.74) is 5.70. The van der Waals surface area contributed by atoms with Crippen LogP contribution in [-0.2, 0) is 9.53 Å².